The molecule has 0 bridgehead atoms. The third-order valence-corrected chi connectivity index (χ3v) is 3.43. The van der Waals surface area contributed by atoms with Gasteiger partial charge in [-0.05, 0) is 31.1 Å². The topological polar surface area (TPSA) is 17.1 Å². The van der Waals surface area contributed by atoms with E-state index in [1.54, 1.807) is 0 Å². The first-order chi connectivity index (χ1) is 6.22. The molecule has 0 saturated heterocycles. The van der Waals surface area contributed by atoms with Crippen molar-refractivity contribution in [1.29, 1.82) is 0 Å². The Bertz CT molecular complexity index is 191. The fraction of sp³-hybridized carbons (Fsp3) is 0.750. The molecule has 0 amide bonds. The first-order valence-corrected chi connectivity index (χ1v) is 5.25. The van der Waals surface area contributed by atoms with E-state index in [9.17, 15) is 4.79 Å². The Hall–Kier alpha value is -0.590. The minimum absolute atomic E-state index is 0.441. The van der Waals surface area contributed by atoms with Crippen molar-refractivity contribution in [2.75, 3.05) is 0 Å². The molecule has 2 rings (SSSR count). The highest BCUT2D eigenvalue weighted by Crippen LogP contribution is 2.54. The molecule has 1 unspecified atom stereocenters. The van der Waals surface area contributed by atoms with Gasteiger partial charge in [-0.15, -0.1) is 13.2 Å². The van der Waals surface area contributed by atoms with Crippen molar-refractivity contribution in [3.8, 4) is 0 Å². The standard InChI is InChI=1S/C10H16O.C2H4/c1-10(6-7-10)8-4-2-3-5-9(8)11;1-2/h8H,2-7H2,1H3;1-2H2. The lowest BCUT2D eigenvalue weighted by molar-refractivity contribution is -0.126. The summed E-state index contributed by atoms with van der Waals surface area (Å²) in [4.78, 5) is 11.5. The summed E-state index contributed by atoms with van der Waals surface area (Å²) >= 11 is 0. The second-order valence-electron chi connectivity index (χ2n) is 4.42. The molecule has 0 heterocycles. The van der Waals surface area contributed by atoms with Crippen LogP contribution in [0.5, 0.6) is 0 Å². The molecule has 0 N–H and O–H groups in total. The third-order valence-electron chi connectivity index (χ3n) is 3.43. The molecule has 0 radical (unpaired) electrons. The normalized spacial score (nSPS) is 30.2. The third kappa shape index (κ3) is 2.20. The van der Waals surface area contributed by atoms with Crippen LogP contribution in [0.15, 0.2) is 13.2 Å². The van der Waals surface area contributed by atoms with Gasteiger partial charge in [0.15, 0.2) is 0 Å². The molecule has 0 aromatic heterocycles. The summed E-state index contributed by atoms with van der Waals surface area (Å²) in [7, 11) is 0. The second kappa shape index (κ2) is 4.08. The molecule has 2 aliphatic carbocycles. The molecule has 2 saturated carbocycles. The van der Waals surface area contributed by atoms with Gasteiger partial charge in [-0.1, -0.05) is 13.3 Å². The number of ketones is 1. The largest absolute Gasteiger partial charge is 0.299 e. The van der Waals surface area contributed by atoms with Gasteiger partial charge in [0, 0.05) is 12.3 Å². The van der Waals surface area contributed by atoms with E-state index in [0.29, 0.717) is 17.1 Å². The van der Waals surface area contributed by atoms with Crippen LogP contribution in [-0.4, -0.2) is 5.78 Å². The number of hydrogen-bond donors (Lipinski definition) is 0. The average Bonchev–Trinajstić information content (AvgIpc) is 2.89. The zero-order valence-corrected chi connectivity index (χ0v) is 8.64. The summed E-state index contributed by atoms with van der Waals surface area (Å²) < 4.78 is 0. The van der Waals surface area contributed by atoms with Gasteiger partial charge in [-0.2, -0.15) is 0 Å². The van der Waals surface area contributed by atoms with Crippen LogP contribution in [0.1, 0.15) is 45.4 Å². The van der Waals surface area contributed by atoms with Crippen molar-refractivity contribution >= 4 is 5.78 Å². The smallest absolute Gasteiger partial charge is 0.136 e. The highest BCUT2D eigenvalue weighted by Gasteiger charge is 2.47. The van der Waals surface area contributed by atoms with Crippen LogP contribution < -0.4 is 0 Å². The Labute approximate surface area is 81.2 Å². The van der Waals surface area contributed by atoms with Crippen molar-refractivity contribution in [1.82, 2.24) is 0 Å². The lowest BCUT2D eigenvalue weighted by Crippen LogP contribution is -2.26. The van der Waals surface area contributed by atoms with Gasteiger partial charge in [0.2, 0.25) is 0 Å². The highest BCUT2D eigenvalue weighted by molar-refractivity contribution is 5.82. The molecular weight excluding hydrogens is 160 g/mol. The van der Waals surface area contributed by atoms with Crippen molar-refractivity contribution in [2.24, 2.45) is 11.3 Å². The van der Waals surface area contributed by atoms with E-state index >= 15 is 0 Å². The number of hydrogen-bond acceptors (Lipinski definition) is 1. The first kappa shape index (κ1) is 10.5. The van der Waals surface area contributed by atoms with Crippen LogP contribution in [0, 0.1) is 11.3 Å². The Morgan fingerprint density at radius 2 is 1.92 bits per heavy atom. The Balaban J connectivity index is 0.000000396. The van der Waals surface area contributed by atoms with E-state index in [1.807, 2.05) is 0 Å². The van der Waals surface area contributed by atoms with Crippen LogP contribution in [-0.2, 0) is 4.79 Å². The van der Waals surface area contributed by atoms with Crippen molar-refractivity contribution in [3.05, 3.63) is 13.2 Å². The molecule has 0 aromatic carbocycles. The number of rotatable bonds is 1. The summed E-state index contributed by atoms with van der Waals surface area (Å²) in [5, 5.41) is 0. The number of carbonyl (C=O) groups is 1. The van der Waals surface area contributed by atoms with E-state index in [4.69, 9.17) is 0 Å². The maximum absolute atomic E-state index is 11.5. The maximum atomic E-state index is 11.5. The molecular formula is C12H20O. The Morgan fingerprint density at radius 3 is 2.38 bits per heavy atom. The molecule has 2 aliphatic rings. The Kier molecular flexibility index (Phi) is 3.29. The second-order valence-corrected chi connectivity index (χ2v) is 4.42. The van der Waals surface area contributed by atoms with Crippen LogP contribution in [0.2, 0.25) is 0 Å². The molecule has 74 valence electrons. The molecule has 13 heavy (non-hydrogen) atoms. The summed E-state index contributed by atoms with van der Waals surface area (Å²) in [6.45, 7) is 8.28. The van der Waals surface area contributed by atoms with E-state index in [-0.39, 0.29) is 0 Å². The van der Waals surface area contributed by atoms with E-state index in [1.165, 1.54) is 25.7 Å². The maximum Gasteiger partial charge on any atom is 0.136 e. The molecule has 2 fully saturated rings. The zero-order chi connectivity index (χ0) is 9.90. The molecule has 0 aliphatic heterocycles. The Morgan fingerprint density at radius 1 is 1.31 bits per heavy atom. The van der Waals surface area contributed by atoms with Crippen LogP contribution in [0.4, 0.5) is 0 Å². The molecule has 0 aromatic rings. The lowest BCUT2D eigenvalue weighted by atomic mass is 9.78. The fourth-order valence-corrected chi connectivity index (χ4v) is 2.27. The van der Waals surface area contributed by atoms with Gasteiger partial charge in [-0.25, -0.2) is 0 Å². The average molecular weight is 180 g/mol. The summed E-state index contributed by atoms with van der Waals surface area (Å²) in [5.74, 6) is 0.993. The molecule has 0 spiro atoms. The van der Waals surface area contributed by atoms with Crippen molar-refractivity contribution < 1.29 is 4.79 Å². The number of carbonyl (C=O) groups excluding carboxylic acids is 1. The predicted molar refractivity (Wildman–Crippen MR) is 55.6 cm³/mol. The summed E-state index contributed by atoms with van der Waals surface area (Å²) in [6, 6.07) is 0. The number of Topliss-reactive ketones (excluding diaryl/α,β-unsaturated/α-hetero) is 1. The van der Waals surface area contributed by atoms with Gasteiger partial charge < -0.3 is 0 Å². The monoisotopic (exact) mass is 180 g/mol. The van der Waals surface area contributed by atoms with Gasteiger partial charge in [0.25, 0.3) is 0 Å². The van der Waals surface area contributed by atoms with Crippen LogP contribution >= 0.6 is 0 Å². The highest BCUT2D eigenvalue weighted by atomic mass is 16.1. The predicted octanol–water partition coefficient (Wildman–Crippen LogP) is 3.35. The van der Waals surface area contributed by atoms with Crippen LogP contribution in [0.25, 0.3) is 0 Å². The zero-order valence-electron chi connectivity index (χ0n) is 8.64. The first-order valence-electron chi connectivity index (χ1n) is 5.25. The van der Waals surface area contributed by atoms with E-state index in [2.05, 4.69) is 20.1 Å². The fourth-order valence-electron chi connectivity index (χ4n) is 2.27. The minimum Gasteiger partial charge on any atom is -0.299 e. The van der Waals surface area contributed by atoms with Crippen LogP contribution in [0.3, 0.4) is 0 Å². The van der Waals surface area contributed by atoms with Gasteiger partial charge in [-0.3, -0.25) is 4.79 Å². The molecule has 1 nitrogen and oxygen atoms in total. The van der Waals surface area contributed by atoms with Crippen molar-refractivity contribution in [2.45, 2.75) is 45.4 Å². The SMILES string of the molecule is C=C.CC1(C2CCCCC2=O)CC1. The quantitative estimate of drug-likeness (QED) is 0.565. The minimum atomic E-state index is 0.441. The molecule has 1 atom stereocenters. The summed E-state index contributed by atoms with van der Waals surface area (Å²) in [6.07, 6.45) is 7.06. The molecule has 1 heteroatoms. The van der Waals surface area contributed by atoms with Crippen molar-refractivity contribution in [3.63, 3.8) is 0 Å². The lowest BCUT2D eigenvalue weighted by Gasteiger charge is -2.25. The van der Waals surface area contributed by atoms with E-state index in [0.717, 1.165) is 12.8 Å². The van der Waals surface area contributed by atoms with Gasteiger partial charge in [0.1, 0.15) is 5.78 Å². The van der Waals surface area contributed by atoms with E-state index < -0.39 is 0 Å². The summed E-state index contributed by atoms with van der Waals surface area (Å²) in [5.41, 5.74) is 0.442. The van der Waals surface area contributed by atoms with Gasteiger partial charge >= 0.3 is 0 Å². The van der Waals surface area contributed by atoms with Gasteiger partial charge in [0.05, 0.1) is 0 Å².